The number of esters is 1. The summed E-state index contributed by atoms with van der Waals surface area (Å²) in [6.45, 7) is 0. The van der Waals surface area contributed by atoms with Crippen LogP contribution in [0.3, 0.4) is 0 Å². The fraction of sp³-hybridized carbons (Fsp3) is 0.176. The summed E-state index contributed by atoms with van der Waals surface area (Å²) in [6, 6.07) is 12.0. The van der Waals surface area contributed by atoms with E-state index in [0.29, 0.717) is 16.9 Å². The molecule has 2 aromatic rings. The topological polar surface area (TPSA) is 68.5 Å². The summed E-state index contributed by atoms with van der Waals surface area (Å²) in [5.74, 6) is 0.400. The Morgan fingerprint density at radius 1 is 1.17 bits per heavy atom. The smallest absolute Gasteiger partial charge is 0.315 e. The van der Waals surface area contributed by atoms with E-state index in [0.717, 1.165) is 0 Å². The van der Waals surface area contributed by atoms with Crippen molar-refractivity contribution in [2.45, 2.75) is 6.42 Å². The number of nitriles is 1. The number of ether oxygens (including phenoxy) is 3. The van der Waals surface area contributed by atoms with Crippen molar-refractivity contribution in [3.8, 4) is 23.3 Å². The highest BCUT2D eigenvalue weighted by Gasteiger charge is 2.17. The van der Waals surface area contributed by atoms with Crippen molar-refractivity contribution < 1.29 is 19.0 Å². The number of rotatable bonds is 5. The first-order chi connectivity index (χ1) is 11.1. The number of benzene rings is 2. The normalized spacial score (nSPS) is 9.83. The summed E-state index contributed by atoms with van der Waals surface area (Å²) < 4.78 is 15.6. The molecule has 0 bridgehead atoms. The zero-order chi connectivity index (χ0) is 16.8. The van der Waals surface area contributed by atoms with E-state index in [-0.39, 0.29) is 22.9 Å². The fourth-order valence-corrected chi connectivity index (χ4v) is 2.29. The summed E-state index contributed by atoms with van der Waals surface area (Å²) in [5, 5.41) is 9.06. The lowest BCUT2D eigenvalue weighted by Crippen LogP contribution is -2.13. The van der Waals surface area contributed by atoms with Crippen molar-refractivity contribution in [2.24, 2.45) is 0 Å². The van der Waals surface area contributed by atoms with Crippen LogP contribution in [-0.4, -0.2) is 20.2 Å². The van der Waals surface area contributed by atoms with Crippen LogP contribution in [-0.2, 0) is 11.2 Å². The molecule has 23 heavy (non-hydrogen) atoms. The Bertz CT molecular complexity index is 768. The predicted octanol–water partition coefficient (Wildman–Crippen LogP) is 3.38. The molecule has 0 heterocycles. The lowest BCUT2D eigenvalue weighted by Gasteiger charge is -2.12. The number of carbonyl (C=O) groups excluding carboxylic acids is 1. The molecule has 0 saturated heterocycles. The highest BCUT2D eigenvalue weighted by Crippen LogP contribution is 2.36. The minimum absolute atomic E-state index is 0.0174. The number of nitrogens with zero attached hydrogens (tertiary/aromatic N) is 1. The Morgan fingerprint density at radius 2 is 1.87 bits per heavy atom. The lowest BCUT2D eigenvalue weighted by molar-refractivity contribution is -0.133. The third-order valence-corrected chi connectivity index (χ3v) is 3.38. The van der Waals surface area contributed by atoms with Crippen molar-refractivity contribution in [1.82, 2.24) is 0 Å². The van der Waals surface area contributed by atoms with Gasteiger partial charge in [0.25, 0.3) is 0 Å². The van der Waals surface area contributed by atoms with E-state index in [1.165, 1.54) is 26.4 Å². The molecule has 0 aliphatic carbocycles. The maximum absolute atomic E-state index is 12.2. The van der Waals surface area contributed by atoms with E-state index >= 15 is 0 Å². The number of hydrogen-bond acceptors (Lipinski definition) is 5. The van der Waals surface area contributed by atoms with Crippen molar-refractivity contribution in [1.29, 1.82) is 5.26 Å². The van der Waals surface area contributed by atoms with Crippen molar-refractivity contribution in [2.75, 3.05) is 14.2 Å². The van der Waals surface area contributed by atoms with E-state index in [2.05, 4.69) is 0 Å². The van der Waals surface area contributed by atoms with Crippen LogP contribution in [0.1, 0.15) is 11.1 Å². The van der Waals surface area contributed by atoms with Gasteiger partial charge in [-0.2, -0.15) is 5.26 Å². The van der Waals surface area contributed by atoms with Crippen LogP contribution in [0.5, 0.6) is 17.2 Å². The van der Waals surface area contributed by atoms with Crippen LogP contribution in [0, 0.1) is 11.3 Å². The zero-order valence-corrected chi connectivity index (χ0v) is 13.4. The standard InChI is InChI=1S/C17H14ClNO4/c1-21-14-6-4-3-5-12(14)9-16(20)23-17-13(18)7-11(10-19)8-15(17)22-2/h3-8H,9H2,1-2H3. The van der Waals surface area contributed by atoms with Gasteiger partial charge < -0.3 is 14.2 Å². The van der Waals surface area contributed by atoms with Gasteiger partial charge in [-0.1, -0.05) is 29.8 Å². The van der Waals surface area contributed by atoms with Crippen LogP contribution in [0.15, 0.2) is 36.4 Å². The van der Waals surface area contributed by atoms with Crippen molar-refractivity contribution in [3.05, 3.63) is 52.5 Å². The summed E-state index contributed by atoms with van der Waals surface area (Å²) in [6.07, 6.45) is 0.0174. The van der Waals surface area contributed by atoms with Crippen molar-refractivity contribution in [3.63, 3.8) is 0 Å². The molecule has 0 N–H and O–H groups in total. The molecule has 0 fully saturated rings. The molecule has 0 aliphatic rings. The number of hydrogen-bond donors (Lipinski definition) is 0. The maximum Gasteiger partial charge on any atom is 0.315 e. The van der Waals surface area contributed by atoms with Gasteiger partial charge in [0.1, 0.15) is 5.75 Å². The summed E-state index contributed by atoms with van der Waals surface area (Å²) in [4.78, 5) is 12.2. The van der Waals surface area contributed by atoms with Gasteiger partial charge in [0.15, 0.2) is 11.5 Å². The van der Waals surface area contributed by atoms with Gasteiger partial charge in [-0.05, 0) is 12.1 Å². The first-order valence-corrected chi connectivity index (χ1v) is 7.07. The van der Waals surface area contributed by atoms with Gasteiger partial charge in [0, 0.05) is 11.6 Å². The molecule has 0 atom stereocenters. The Morgan fingerprint density at radius 3 is 2.52 bits per heavy atom. The predicted molar refractivity (Wildman–Crippen MR) is 85.1 cm³/mol. The quantitative estimate of drug-likeness (QED) is 0.620. The lowest BCUT2D eigenvalue weighted by atomic mass is 10.1. The minimum atomic E-state index is -0.514. The average Bonchev–Trinajstić information content (AvgIpc) is 2.56. The molecule has 0 amide bonds. The van der Waals surface area contributed by atoms with Crippen LogP contribution in [0.4, 0.5) is 0 Å². The van der Waals surface area contributed by atoms with Gasteiger partial charge in [-0.15, -0.1) is 0 Å². The minimum Gasteiger partial charge on any atom is -0.496 e. The molecule has 118 valence electrons. The fourth-order valence-electron chi connectivity index (χ4n) is 2.04. The zero-order valence-electron chi connectivity index (χ0n) is 12.6. The second kappa shape index (κ2) is 7.52. The SMILES string of the molecule is COc1ccccc1CC(=O)Oc1c(Cl)cc(C#N)cc1OC. The second-order valence-corrected chi connectivity index (χ2v) is 4.97. The van der Waals surface area contributed by atoms with Crippen LogP contribution < -0.4 is 14.2 Å². The summed E-state index contributed by atoms with van der Waals surface area (Å²) in [7, 11) is 2.94. The van der Waals surface area contributed by atoms with Crippen LogP contribution in [0.2, 0.25) is 5.02 Å². The van der Waals surface area contributed by atoms with Gasteiger partial charge in [0.2, 0.25) is 0 Å². The molecule has 0 spiro atoms. The molecule has 0 aromatic heterocycles. The van der Waals surface area contributed by atoms with Crippen LogP contribution >= 0.6 is 11.6 Å². The first-order valence-electron chi connectivity index (χ1n) is 6.69. The Labute approximate surface area is 139 Å². The maximum atomic E-state index is 12.2. The Kier molecular flexibility index (Phi) is 5.45. The summed E-state index contributed by atoms with van der Waals surface area (Å²) >= 11 is 6.06. The largest absolute Gasteiger partial charge is 0.496 e. The van der Waals surface area contributed by atoms with Crippen molar-refractivity contribution >= 4 is 17.6 Å². The van der Waals surface area contributed by atoms with E-state index in [1.54, 1.807) is 18.2 Å². The molecule has 5 nitrogen and oxygen atoms in total. The average molecular weight is 332 g/mol. The van der Waals surface area contributed by atoms with E-state index in [9.17, 15) is 4.79 Å². The number of halogens is 1. The second-order valence-electron chi connectivity index (χ2n) is 4.56. The highest BCUT2D eigenvalue weighted by atomic mass is 35.5. The first kappa shape index (κ1) is 16.7. The third-order valence-electron chi connectivity index (χ3n) is 3.10. The monoisotopic (exact) mass is 331 g/mol. The molecule has 2 rings (SSSR count). The number of para-hydroxylation sites is 1. The molecule has 2 aromatic carbocycles. The number of carbonyl (C=O) groups is 1. The van der Waals surface area contributed by atoms with Gasteiger partial charge in [0.05, 0.1) is 37.3 Å². The summed E-state index contributed by atoms with van der Waals surface area (Å²) in [5.41, 5.74) is 1.01. The highest BCUT2D eigenvalue weighted by molar-refractivity contribution is 6.32. The Hall–Kier alpha value is -2.71. The van der Waals surface area contributed by atoms with Crippen LogP contribution in [0.25, 0.3) is 0 Å². The van der Waals surface area contributed by atoms with E-state index < -0.39 is 5.97 Å². The van der Waals surface area contributed by atoms with Gasteiger partial charge >= 0.3 is 5.97 Å². The van der Waals surface area contributed by atoms with E-state index in [4.69, 9.17) is 31.1 Å². The molecule has 0 aliphatic heterocycles. The van der Waals surface area contributed by atoms with E-state index in [1.807, 2.05) is 12.1 Å². The molecule has 0 saturated carbocycles. The van der Waals surface area contributed by atoms with Gasteiger partial charge in [-0.25, -0.2) is 0 Å². The molecule has 0 unspecified atom stereocenters. The third kappa shape index (κ3) is 3.93. The molecular formula is C17H14ClNO4. The Balaban J connectivity index is 2.22. The van der Waals surface area contributed by atoms with Gasteiger partial charge in [-0.3, -0.25) is 4.79 Å². The molecule has 0 radical (unpaired) electrons. The number of methoxy groups -OCH3 is 2. The molecule has 6 heteroatoms. The molecular weight excluding hydrogens is 318 g/mol.